The van der Waals surface area contributed by atoms with E-state index in [-0.39, 0.29) is 6.04 Å². The zero-order chi connectivity index (χ0) is 13.0. The topological polar surface area (TPSA) is 59.9 Å². The van der Waals surface area contributed by atoms with Crippen molar-refractivity contribution in [3.05, 3.63) is 41.7 Å². The predicted octanol–water partition coefficient (Wildman–Crippen LogP) is 2.36. The molecule has 1 atom stereocenters. The van der Waals surface area contributed by atoms with E-state index in [1.807, 2.05) is 25.1 Å². The van der Waals surface area contributed by atoms with Crippen molar-refractivity contribution < 1.29 is 4.74 Å². The predicted molar refractivity (Wildman–Crippen MR) is 69.6 cm³/mol. The summed E-state index contributed by atoms with van der Waals surface area (Å²) in [6.45, 7) is 3.86. The van der Waals surface area contributed by atoms with Gasteiger partial charge in [-0.05, 0) is 19.4 Å². The summed E-state index contributed by atoms with van der Waals surface area (Å²) in [4.78, 5) is 12.4. The summed E-state index contributed by atoms with van der Waals surface area (Å²) < 4.78 is 5.02. The Kier molecular flexibility index (Phi) is 3.72. The molecule has 18 heavy (non-hydrogen) atoms. The summed E-state index contributed by atoms with van der Waals surface area (Å²) in [5.74, 6) is 1.15. The molecule has 94 valence electrons. The smallest absolute Gasteiger partial charge is 0.321 e. The fourth-order valence-electron chi connectivity index (χ4n) is 1.63. The van der Waals surface area contributed by atoms with Crippen molar-refractivity contribution in [2.24, 2.45) is 0 Å². The Balaban J connectivity index is 2.16. The highest BCUT2D eigenvalue weighted by Gasteiger charge is 2.08. The van der Waals surface area contributed by atoms with Crippen LogP contribution in [-0.2, 0) is 0 Å². The molecule has 0 bridgehead atoms. The molecule has 0 fully saturated rings. The third-order valence-corrected chi connectivity index (χ3v) is 2.55. The zero-order valence-electron chi connectivity index (χ0n) is 10.7. The van der Waals surface area contributed by atoms with Crippen molar-refractivity contribution in [2.45, 2.75) is 19.9 Å². The Morgan fingerprint density at radius 2 is 1.83 bits per heavy atom. The highest BCUT2D eigenvalue weighted by Crippen LogP contribution is 2.17. The van der Waals surface area contributed by atoms with Crippen LogP contribution in [0.15, 0.2) is 30.3 Å². The molecule has 2 aromatic rings. The number of nitrogens with one attached hydrogen (secondary N) is 1. The van der Waals surface area contributed by atoms with Gasteiger partial charge < -0.3 is 10.1 Å². The highest BCUT2D eigenvalue weighted by atomic mass is 16.5. The molecule has 1 heterocycles. The van der Waals surface area contributed by atoms with Gasteiger partial charge in [0.1, 0.15) is 5.82 Å². The van der Waals surface area contributed by atoms with Crippen LogP contribution in [0.3, 0.4) is 0 Å². The number of methoxy groups -OCH3 is 1. The fourth-order valence-corrected chi connectivity index (χ4v) is 1.63. The van der Waals surface area contributed by atoms with Gasteiger partial charge in [0, 0.05) is 0 Å². The van der Waals surface area contributed by atoms with Gasteiger partial charge in [0.25, 0.3) is 0 Å². The molecule has 0 aliphatic carbocycles. The van der Waals surface area contributed by atoms with Gasteiger partial charge in [-0.3, -0.25) is 0 Å². The second-order valence-corrected chi connectivity index (χ2v) is 3.97. The molecule has 0 saturated heterocycles. The van der Waals surface area contributed by atoms with Crippen LogP contribution in [0.5, 0.6) is 6.01 Å². The first-order valence-electron chi connectivity index (χ1n) is 5.77. The highest BCUT2D eigenvalue weighted by molar-refractivity contribution is 5.32. The maximum atomic E-state index is 5.02. The summed E-state index contributed by atoms with van der Waals surface area (Å²) in [5, 5.41) is 3.23. The second-order valence-electron chi connectivity index (χ2n) is 3.97. The molecular weight excluding hydrogens is 228 g/mol. The Labute approximate surface area is 106 Å². The van der Waals surface area contributed by atoms with Crippen molar-refractivity contribution in [1.82, 2.24) is 15.0 Å². The van der Waals surface area contributed by atoms with Crippen LogP contribution in [0, 0.1) is 6.92 Å². The molecule has 5 nitrogen and oxygen atoms in total. The minimum absolute atomic E-state index is 0.123. The number of hydrogen-bond acceptors (Lipinski definition) is 5. The number of aryl methyl sites for hydroxylation is 1. The first-order valence-corrected chi connectivity index (χ1v) is 5.77. The van der Waals surface area contributed by atoms with Crippen molar-refractivity contribution in [1.29, 1.82) is 0 Å². The lowest BCUT2D eigenvalue weighted by molar-refractivity contribution is 0.377. The van der Waals surface area contributed by atoms with Crippen LogP contribution in [0.25, 0.3) is 0 Å². The third-order valence-electron chi connectivity index (χ3n) is 2.55. The largest absolute Gasteiger partial charge is 0.467 e. The van der Waals surface area contributed by atoms with Crippen LogP contribution in [-0.4, -0.2) is 22.1 Å². The summed E-state index contributed by atoms with van der Waals surface area (Å²) >= 11 is 0. The van der Waals surface area contributed by atoms with E-state index in [0.29, 0.717) is 17.8 Å². The Morgan fingerprint density at radius 1 is 1.11 bits per heavy atom. The molecule has 1 N–H and O–H groups in total. The van der Waals surface area contributed by atoms with Crippen LogP contribution in [0.4, 0.5) is 5.95 Å². The molecule has 1 unspecified atom stereocenters. The second kappa shape index (κ2) is 5.44. The lowest BCUT2D eigenvalue weighted by atomic mass is 10.1. The van der Waals surface area contributed by atoms with Gasteiger partial charge in [-0.2, -0.15) is 15.0 Å². The monoisotopic (exact) mass is 244 g/mol. The number of ether oxygens (including phenoxy) is 1. The number of aromatic nitrogens is 3. The molecule has 5 heteroatoms. The molecule has 0 radical (unpaired) electrons. The van der Waals surface area contributed by atoms with Gasteiger partial charge in [0.2, 0.25) is 5.95 Å². The van der Waals surface area contributed by atoms with Crippen molar-refractivity contribution in [3.63, 3.8) is 0 Å². The molecule has 1 aromatic heterocycles. The van der Waals surface area contributed by atoms with Gasteiger partial charge in [-0.15, -0.1) is 0 Å². The lowest BCUT2D eigenvalue weighted by Gasteiger charge is -2.14. The SMILES string of the molecule is COc1nc(C)nc(NC(C)c2ccccc2)n1. The van der Waals surface area contributed by atoms with Gasteiger partial charge in [0.05, 0.1) is 13.2 Å². The van der Waals surface area contributed by atoms with Crippen molar-refractivity contribution >= 4 is 5.95 Å². The molecule has 2 rings (SSSR count). The van der Waals surface area contributed by atoms with Crippen LogP contribution in [0.1, 0.15) is 24.4 Å². The molecule has 0 aliphatic heterocycles. The van der Waals surface area contributed by atoms with Gasteiger partial charge >= 0.3 is 6.01 Å². The standard InChI is InChI=1S/C13H16N4O/c1-9(11-7-5-4-6-8-11)14-12-15-10(2)16-13(17-12)18-3/h4-9H,1-3H3,(H,14,15,16,17). The number of hydrogen-bond donors (Lipinski definition) is 1. The fraction of sp³-hybridized carbons (Fsp3) is 0.308. The number of anilines is 1. The van der Waals surface area contributed by atoms with Crippen molar-refractivity contribution in [3.8, 4) is 6.01 Å². The summed E-state index contributed by atoms with van der Waals surface area (Å²) in [6.07, 6.45) is 0. The van der Waals surface area contributed by atoms with E-state index in [0.717, 1.165) is 0 Å². The van der Waals surface area contributed by atoms with E-state index in [2.05, 4.69) is 39.3 Å². The zero-order valence-corrected chi connectivity index (χ0v) is 10.7. The van der Waals surface area contributed by atoms with Gasteiger partial charge in [0.15, 0.2) is 0 Å². The van der Waals surface area contributed by atoms with Crippen LogP contribution >= 0.6 is 0 Å². The third kappa shape index (κ3) is 2.94. The van der Waals surface area contributed by atoms with E-state index >= 15 is 0 Å². The first kappa shape index (κ1) is 12.3. The lowest BCUT2D eigenvalue weighted by Crippen LogP contribution is -2.11. The normalized spacial score (nSPS) is 11.9. The van der Waals surface area contributed by atoms with Crippen molar-refractivity contribution in [2.75, 3.05) is 12.4 Å². The maximum Gasteiger partial charge on any atom is 0.321 e. The Morgan fingerprint density at radius 3 is 2.50 bits per heavy atom. The first-order chi connectivity index (χ1) is 8.69. The quantitative estimate of drug-likeness (QED) is 0.894. The summed E-state index contributed by atoms with van der Waals surface area (Å²) in [7, 11) is 1.54. The molecule has 0 spiro atoms. The minimum Gasteiger partial charge on any atom is -0.467 e. The van der Waals surface area contributed by atoms with Crippen LogP contribution < -0.4 is 10.1 Å². The minimum atomic E-state index is 0.123. The number of rotatable bonds is 4. The average molecular weight is 244 g/mol. The summed E-state index contributed by atoms with van der Waals surface area (Å²) in [6, 6.07) is 10.6. The molecule has 1 aromatic carbocycles. The van der Waals surface area contributed by atoms with Gasteiger partial charge in [-0.25, -0.2) is 0 Å². The number of nitrogens with zero attached hydrogens (tertiary/aromatic N) is 3. The van der Waals surface area contributed by atoms with E-state index in [1.165, 1.54) is 5.56 Å². The molecule has 0 aliphatic rings. The maximum absolute atomic E-state index is 5.02. The molecule has 0 amide bonds. The molecular formula is C13H16N4O. The summed E-state index contributed by atoms with van der Waals surface area (Å²) in [5.41, 5.74) is 1.18. The average Bonchev–Trinajstić information content (AvgIpc) is 2.39. The van der Waals surface area contributed by atoms with E-state index in [4.69, 9.17) is 4.74 Å². The Bertz CT molecular complexity index is 516. The number of benzene rings is 1. The van der Waals surface area contributed by atoms with E-state index < -0.39 is 0 Å². The van der Waals surface area contributed by atoms with E-state index in [1.54, 1.807) is 7.11 Å². The Hall–Kier alpha value is -2.17. The van der Waals surface area contributed by atoms with Gasteiger partial charge in [-0.1, -0.05) is 30.3 Å². The molecule has 0 saturated carbocycles. The van der Waals surface area contributed by atoms with Crippen LogP contribution in [0.2, 0.25) is 0 Å². The van der Waals surface area contributed by atoms with E-state index in [9.17, 15) is 0 Å².